The Bertz CT molecular complexity index is 1320. The zero-order valence-corrected chi connectivity index (χ0v) is 21.1. The first-order valence-electron chi connectivity index (χ1n) is 11.3. The monoisotopic (exact) mass is 541 g/mol. The Morgan fingerprint density at radius 3 is 2.03 bits per heavy atom. The van der Waals surface area contributed by atoms with Crippen LogP contribution in [0.3, 0.4) is 0 Å². The van der Waals surface area contributed by atoms with Gasteiger partial charge in [-0.1, -0.05) is 24.3 Å². The predicted octanol–water partition coefficient (Wildman–Crippen LogP) is 5.26. The van der Waals surface area contributed by atoms with Gasteiger partial charge in [0.2, 0.25) is 0 Å². The number of halogens is 1. The van der Waals surface area contributed by atoms with Gasteiger partial charge in [0.15, 0.2) is 17.3 Å². The Labute approximate surface area is 207 Å². The van der Waals surface area contributed by atoms with Crippen LogP contribution in [0.15, 0.2) is 80.4 Å². The first-order chi connectivity index (χ1) is 16.3. The number of allylic oxidation sites excluding steroid dienone is 4. The van der Waals surface area contributed by atoms with Crippen LogP contribution < -0.4 is 4.18 Å². The maximum atomic E-state index is 13.1. The highest BCUT2D eigenvalue weighted by molar-refractivity contribution is 9.10. The Morgan fingerprint density at radius 2 is 1.47 bits per heavy atom. The minimum absolute atomic E-state index is 0.0616. The normalized spacial score (nSPS) is 19.3. The van der Waals surface area contributed by atoms with Crippen molar-refractivity contribution in [1.82, 2.24) is 4.90 Å². The van der Waals surface area contributed by atoms with Crippen molar-refractivity contribution >= 4 is 37.6 Å². The number of rotatable bonds is 4. The molecule has 0 N–H and O–H groups in total. The van der Waals surface area contributed by atoms with E-state index in [4.69, 9.17) is 4.18 Å². The van der Waals surface area contributed by atoms with Crippen molar-refractivity contribution in [3.05, 3.63) is 81.1 Å². The third-order valence-electron chi connectivity index (χ3n) is 6.77. The predicted molar refractivity (Wildman–Crippen MR) is 131 cm³/mol. The lowest BCUT2D eigenvalue weighted by Crippen LogP contribution is -2.37. The van der Waals surface area contributed by atoms with Crippen LogP contribution in [-0.4, -0.2) is 31.9 Å². The van der Waals surface area contributed by atoms with E-state index in [0.717, 1.165) is 42.6 Å². The van der Waals surface area contributed by atoms with Gasteiger partial charge in [-0.25, -0.2) is 0 Å². The van der Waals surface area contributed by atoms with Crippen LogP contribution in [0.1, 0.15) is 50.0 Å². The van der Waals surface area contributed by atoms with E-state index in [1.807, 2.05) is 7.05 Å². The SMILES string of the molecule is CN1C2=C(C(=O)CCC2)C(c2ccc(OS(=O)(=O)c3ccccc3)c(Br)c2)C2=C1CCCC2=O. The molecule has 0 saturated carbocycles. The lowest BCUT2D eigenvalue weighted by Gasteiger charge is -2.42. The number of nitrogens with zero attached hydrogens (tertiary/aromatic N) is 1. The standard InChI is InChI=1S/C26H24BrNO5S/c1-28-19-9-5-11-21(29)25(19)24(26-20(28)10-6-12-22(26)30)16-13-14-23(18(27)15-16)33-34(31,32)17-7-3-2-4-8-17/h2-4,7-8,13-15,24H,5-6,9-12H2,1H3. The molecule has 0 fully saturated rings. The number of carbonyl (C=O) groups excluding carboxylic acids is 2. The van der Waals surface area contributed by atoms with E-state index in [1.54, 1.807) is 36.4 Å². The maximum Gasteiger partial charge on any atom is 0.339 e. The molecule has 0 radical (unpaired) electrons. The fraction of sp³-hybridized carbons (Fsp3) is 0.308. The highest BCUT2D eigenvalue weighted by atomic mass is 79.9. The fourth-order valence-electron chi connectivity index (χ4n) is 5.20. The van der Waals surface area contributed by atoms with Crippen molar-refractivity contribution in [2.75, 3.05) is 7.05 Å². The molecule has 0 saturated heterocycles. The van der Waals surface area contributed by atoms with E-state index in [2.05, 4.69) is 20.8 Å². The van der Waals surface area contributed by atoms with Gasteiger partial charge in [0.1, 0.15) is 4.90 Å². The van der Waals surface area contributed by atoms with Gasteiger partial charge in [-0.3, -0.25) is 9.59 Å². The molecular weight excluding hydrogens is 518 g/mol. The highest BCUT2D eigenvalue weighted by Crippen LogP contribution is 2.49. The summed E-state index contributed by atoms with van der Waals surface area (Å²) < 4.78 is 31.2. The average Bonchev–Trinajstić information content (AvgIpc) is 2.82. The maximum absolute atomic E-state index is 13.1. The molecule has 2 aliphatic carbocycles. The molecule has 1 heterocycles. The molecule has 8 heteroatoms. The van der Waals surface area contributed by atoms with E-state index < -0.39 is 16.0 Å². The molecule has 0 aromatic heterocycles. The van der Waals surface area contributed by atoms with Crippen LogP contribution in [0.4, 0.5) is 0 Å². The number of hydrogen-bond acceptors (Lipinski definition) is 6. The van der Waals surface area contributed by atoms with E-state index >= 15 is 0 Å². The molecule has 176 valence electrons. The van der Waals surface area contributed by atoms with Crippen LogP contribution in [0, 0.1) is 0 Å². The number of Topliss-reactive ketones (excluding diaryl/α,β-unsaturated/α-hetero) is 2. The van der Waals surface area contributed by atoms with Gasteiger partial charge in [-0.2, -0.15) is 8.42 Å². The van der Waals surface area contributed by atoms with Crippen molar-refractivity contribution in [1.29, 1.82) is 0 Å². The Kier molecular flexibility index (Phi) is 5.98. The third-order valence-corrected chi connectivity index (χ3v) is 8.63. The molecule has 5 rings (SSSR count). The number of hydrogen-bond donors (Lipinski definition) is 0. The van der Waals surface area contributed by atoms with Crippen LogP contribution in [0.5, 0.6) is 5.75 Å². The smallest absolute Gasteiger partial charge is 0.339 e. The van der Waals surface area contributed by atoms with Crippen LogP contribution >= 0.6 is 15.9 Å². The van der Waals surface area contributed by atoms with Crippen LogP contribution in [0.2, 0.25) is 0 Å². The summed E-state index contributed by atoms with van der Waals surface area (Å²) in [5.74, 6) is -0.149. The summed E-state index contributed by atoms with van der Waals surface area (Å²) in [5, 5.41) is 0. The molecule has 0 atom stereocenters. The Hall–Kier alpha value is -2.71. The molecule has 0 bridgehead atoms. The highest BCUT2D eigenvalue weighted by Gasteiger charge is 2.42. The quantitative estimate of drug-likeness (QED) is 0.491. The van der Waals surface area contributed by atoms with Gasteiger partial charge in [-0.05, 0) is 71.4 Å². The molecular formula is C26H24BrNO5S. The molecule has 0 amide bonds. The average molecular weight is 542 g/mol. The summed E-state index contributed by atoms with van der Waals surface area (Å²) in [6.07, 6.45) is 4.15. The summed E-state index contributed by atoms with van der Waals surface area (Å²) in [6.45, 7) is 0. The van der Waals surface area contributed by atoms with Gasteiger partial charge in [-0.15, -0.1) is 0 Å². The van der Waals surface area contributed by atoms with Crippen LogP contribution in [0.25, 0.3) is 0 Å². The van der Waals surface area contributed by atoms with E-state index in [1.165, 1.54) is 12.1 Å². The third kappa shape index (κ3) is 3.92. The Balaban J connectivity index is 1.57. The second kappa shape index (κ2) is 8.82. The zero-order valence-electron chi connectivity index (χ0n) is 18.7. The molecule has 3 aliphatic rings. The van der Waals surface area contributed by atoms with Gasteiger partial charge < -0.3 is 9.08 Å². The second-order valence-corrected chi connectivity index (χ2v) is 11.2. The van der Waals surface area contributed by atoms with Crippen molar-refractivity contribution in [3.63, 3.8) is 0 Å². The lowest BCUT2D eigenvalue weighted by molar-refractivity contribution is -0.117. The van der Waals surface area contributed by atoms with Crippen LogP contribution in [-0.2, 0) is 19.7 Å². The van der Waals surface area contributed by atoms with E-state index in [9.17, 15) is 18.0 Å². The molecule has 34 heavy (non-hydrogen) atoms. The topological polar surface area (TPSA) is 80.8 Å². The molecule has 0 unspecified atom stereocenters. The van der Waals surface area contributed by atoms with Gasteiger partial charge in [0, 0.05) is 48.3 Å². The first-order valence-corrected chi connectivity index (χ1v) is 13.5. The lowest BCUT2D eigenvalue weighted by atomic mass is 9.71. The molecule has 6 nitrogen and oxygen atoms in total. The summed E-state index contributed by atoms with van der Waals surface area (Å²) in [5.41, 5.74) is 4.16. The summed E-state index contributed by atoms with van der Waals surface area (Å²) in [6, 6.07) is 13.1. The van der Waals surface area contributed by atoms with Gasteiger partial charge >= 0.3 is 10.1 Å². The van der Waals surface area contributed by atoms with Crippen molar-refractivity contribution in [2.24, 2.45) is 0 Å². The number of benzene rings is 2. The first kappa shape index (κ1) is 23.1. The van der Waals surface area contributed by atoms with Crippen molar-refractivity contribution < 1.29 is 22.2 Å². The zero-order chi connectivity index (χ0) is 24.0. The van der Waals surface area contributed by atoms with Crippen molar-refractivity contribution in [3.8, 4) is 5.75 Å². The van der Waals surface area contributed by atoms with E-state index in [0.29, 0.717) is 28.5 Å². The number of ketones is 2. The van der Waals surface area contributed by atoms with E-state index in [-0.39, 0.29) is 22.2 Å². The molecule has 2 aromatic carbocycles. The van der Waals surface area contributed by atoms with Crippen molar-refractivity contribution in [2.45, 2.75) is 49.3 Å². The molecule has 2 aromatic rings. The largest absolute Gasteiger partial charge is 0.378 e. The fourth-order valence-corrected chi connectivity index (χ4v) is 6.76. The van der Waals surface area contributed by atoms with Gasteiger partial charge in [0.05, 0.1) is 4.47 Å². The molecule has 0 spiro atoms. The Morgan fingerprint density at radius 1 is 0.882 bits per heavy atom. The number of carbonyl (C=O) groups is 2. The molecule has 1 aliphatic heterocycles. The second-order valence-electron chi connectivity index (χ2n) is 8.81. The summed E-state index contributed by atoms with van der Waals surface area (Å²) >= 11 is 3.46. The summed E-state index contributed by atoms with van der Waals surface area (Å²) in [7, 11) is -2.04. The minimum atomic E-state index is -4.00. The minimum Gasteiger partial charge on any atom is -0.378 e. The summed E-state index contributed by atoms with van der Waals surface area (Å²) in [4.78, 5) is 28.3. The van der Waals surface area contributed by atoms with Gasteiger partial charge in [0.25, 0.3) is 0 Å².